The van der Waals surface area contributed by atoms with E-state index in [1.165, 1.54) is 6.21 Å². The molecule has 1 aliphatic heterocycles. The summed E-state index contributed by atoms with van der Waals surface area (Å²) in [7, 11) is 0. The van der Waals surface area contributed by atoms with Crippen LogP contribution >= 0.6 is 15.9 Å². The number of nitrogens with zero attached hydrogens (tertiary/aromatic N) is 1. The summed E-state index contributed by atoms with van der Waals surface area (Å²) >= 11 is 3.35. The Hall–Kier alpha value is -2.54. The van der Waals surface area contributed by atoms with E-state index in [1.807, 2.05) is 6.07 Å². The fourth-order valence-corrected chi connectivity index (χ4v) is 2.84. The van der Waals surface area contributed by atoms with Gasteiger partial charge in [0.05, 0.1) is 6.21 Å². The highest BCUT2D eigenvalue weighted by Gasteiger charge is 2.26. The third-order valence-corrected chi connectivity index (χ3v) is 3.93. The smallest absolute Gasteiger partial charge is 0.284 e. The second kappa shape index (κ2) is 6.92. The highest BCUT2D eigenvalue weighted by Crippen LogP contribution is 2.30. The van der Waals surface area contributed by atoms with Gasteiger partial charge in [-0.1, -0.05) is 28.1 Å². The van der Waals surface area contributed by atoms with Crippen molar-refractivity contribution in [1.82, 2.24) is 5.43 Å². The highest BCUT2D eigenvalue weighted by atomic mass is 79.9. The summed E-state index contributed by atoms with van der Waals surface area (Å²) in [5.74, 6) is 0.821. The number of carbonyl (C=O) groups excluding carboxylic acids is 1. The van der Waals surface area contributed by atoms with Gasteiger partial charge in [-0.2, -0.15) is 5.10 Å². The molecule has 0 saturated heterocycles. The zero-order valence-corrected chi connectivity index (χ0v) is 14.4. The van der Waals surface area contributed by atoms with Crippen LogP contribution in [0.4, 0.5) is 0 Å². The van der Waals surface area contributed by atoms with E-state index < -0.39 is 12.0 Å². The van der Waals surface area contributed by atoms with Crippen LogP contribution in [0.3, 0.4) is 0 Å². The Labute approximate surface area is 147 Å². The molecule has 0 bridgehead atoms. The molecule has 1 heterocycles. The number of aryl methyl sites for hydroxylation is 1. The maximum absolute atomic E-state index is 12.1. The number of para-hydroxylation sites is 2. The lowest BCUT2D eigenvalue weighted by Gasteiger charge is -2.24. The topological polar surface area (TPSA) is 80.2 Å². The van der Waals surface area contributed by atoms with Crippen molar-refractivity contribution in [2.75, 3.05) is 6.61 Å². The molecule has 124 valence electrons. The van der Waals surface area contributed by atoms with Crippen molar-refractivity contribution in [2.45, 2.75) is 13.0 Å². The molecule has 7 heteroatoms. The Morgan fingerprint density at radius 1 is 1.38 bits per heavy atom. The van der Waals surface area contributed by atoms with Gasteiger partial charge >= 0.3 is 0 Å². The number of carbonyl (C=O) groups is 1. The standard InChI is InChI=1S/C17H15BrN2O4/c1-10-6-12(18)7-11(16(10)21)8-19-20-17(22)15-9-23-13-4-2-3-5-14(13)24-15/h2-8,15,21H,9H2,1H3,(H,20,22)/b19-8+/t15-/m0/s1. The van der Waals surface area contributed by atoms with Crippen molar-refractivity contribution in [1.29, 1.82) is 0 Å². The summed E-state index contributed by atoms with van der Waals surface area (Å²) < 4.78 is 11.9. The number of nitrogens with one attached hydrogen (secondary N) is 1. The molecule has 2 aromatic carbocycles. The number of aromatic hydroxyl groups is 1. The first kappa shape index (κ1) is 16.3. The molecule has 0 spiro atoms. The van der Waals surface area contributed by atoms with Gasteiger partial charge in [-0.15, -0.1) is 0 Å². The number of benzene rings is 2. The number of halogens is 1. The fourth-order valence-electron chi connectivity index (χ4n) is 2.25. The van der Waals surface area contributed by atoms with Crippen molar-refractivity contribution < 1.29 is 19.4 Å². The lowest BCUT2D eigenvalue weighted by Crippen LogP contribution is -2.42. The van der Waals surface area contributed by atoms with E-state index >= 15 is 0 Å². The van der Waals surface area contributed by atoms with Crippen LogP contribution in [-0.2, 0) is 4.79 Å². The van der Waals surface area contributed by atoms with Crippen molar-refractivity contribution >= 4 is 28.1 Å². The number of ether oxygens (including phenoxy) is 2. The minimum atomic E-state index is -0.783. The van der Waals surface area contributed by atoms with Crippen molar-refractivity contribution in [2.24, 2.45) is 5.10 Å². The number of hydrogen-bond acceptors (Lipinski definition) is 5. The van der Waals surface area contributed by atoms with Gasteiger partial charge in [0.15, 0.2) is 11.5 Å². The first-order valence-electron chi connectivity index (χ1n) is 7.25. The fraction of sp³-hybridized carbons (Fsp3) is 0.176. The van der Waals surface area contributed by atoms with Gasteiger partial charge in [-0.05, 0) is 36.8 Å². The molecule has 0 fully saturated rings. The summed E-state index contributed by atoms with van der Waals surface area (Å²) in [6, 6.07) is 10.6. The van der Waals surface area contributed by atoms with Crippen molar-refractivity contribution in [3.63, 3.8) is 0 Å². The van der Waals surface area contributed by atoms with Crippen LogP contribution in [0.5, 0.6) is 17.2 Å². The maximum atomic E-state index is 12.1. The molecule has 2 N–H and O–H groups in total. The molecule has 0 aromatic heterocycles. The molecular formula is C17H15BrN2O4. The number of rotatable bonds is 3. The van der Waals surface area contributed by atoms with Crippen LogP contribution in [0.25, 0.3) is 0 Å². The second-order valence-electron chi connectivity index (χ2n) is 5.26. The third kappa shape index (κ3) is 3.51. The van der Waals surface area contributed by atoms with Gasteiger partial charge in [0, 0.05) is 10.0 Å². The minimum absolute atomic E-state index is 0.111. The maximum Gasteiger partial charge on any atom is 0.284 e. The van der Waals surface area contributed by atoms with E-state index in [9.17, 15) is 9.90 Å². The molecular weight excluding hydrogens is 376 g/mol. The second-order valence-corrected chi connectivity index (χ2v) is 6.17. The average molecular weight is 391 g/mol. The third-order valence-electron chi connectivity index (χ3n) is 3.47. The normalized spacial score (nSPS) is 16.2. The van der Waals surface area contributed by atoms with E-state index in [0.717, 1.165) is 4.47 Å². The van der Waals surface area contributed by atoms with Gasteiger partial charge in [-0.25, -0.2) is 5.43 Å². The van der Waals surface area contributed by atoms with Crippen LogP contribution < -0.4 is 14.9 Å². The van der Waals surface area contributed by atoms with Gasteiger partial charge < -0.3 is 14.6 Å². The summed E-state index contributed by atoms with van der Waals surface area (Å²) in [5, 5.41) is 13.9. The number of hydrogen-bond donors (Lipinski definition) is 2. The van der Waals surface area contributed by atoms with Crippen molar-refractivity contribution in [3.05, 3.63) is 52.0 Å². The molecule has 1 atom stereocenters. The molecule has 1 aliphatic rings. The van der Waals surface area contributed by atoms with Crippen LogP contribution in [0.1, 0.15) is 11.1 Å². The Morgan fingerprint density at radius 2 is 2.12 bits per heavy atom. The zero-order chi connectivity index (χ0) is 17.1. The number of fused-ring (bicyclic) bond motifs is 1. The van der Waals surface area contributed by atoms with Crippen LogP contribution in [0.2, 0.25) is 0 Å². The van der Waals surface area contributed by atoms with Crippen molar-refractivity contribution in [3.8, 4) is 17.2 Å². The van der Waals surface area contributed by atoms with E-state index in [4.69, 9.17) is 9.47 Å². The van der Waals surface area contributed by atoms with Gasteiger partial charge in [0.25, 0.3) is 5.91 Å². The molecule has 6 nitrogen and oxygen atoms in total. The quantitative estimate of drug-likeness (QED) is 0.623. The molecule has 0 aliphatic carbocycles. The van der Waals surface area contributed by atoms with Crippen LogP contribution in [0, 0.1) is 6.92 Å². The monoisotopic (exact) mass is 390 g/mol. The predicted octanol–water partition coefficient (Wildman–Crippen LogP) is 2.75. The first-order valence-corrected chi connectivity index (χ1v) is 8.04. The SMILES string of the molecule is Cc1cc(Br)cc(/C=N/NC(=O)[C@@H]2COc3ccccc3O2)c1O. The summed E-state index contributed by atoms with van der Waals surface area (Å²) in [6.07, 6.45) is 0.595. The zero-order valence-electron chi connectivity index (χ0n) is 12.8. The van der Waals surface area contributed by atoms with E-state index in [0.29, 0.717) is 22.6 Å². The number of hydrazone groups is 1. The molecule has 1 amide bonds. The number of phenolic OH excluding ortho intramolecular Hbond substituents is 1. The Bertz CT molecular complexity index is 807. The molecule has 0 saturated carbocycles. The summed E-state index contributed by atoms with van der Waals surface area (Å²) in [6.45, 7) is 1.89. The minimum Gasteiger partial charge on any atom is -0.507 e. The number of amides is 1. The van der Waals surface area contributed by atoms with Gasteiger partial charge in [0.2, 0.25) is 6.10 Å². The lowest BCUT2D eigenvalue weighted by atomic mass is 10.1. The largest absolute Gasteiger partial charge is 0.507 e. The van der Waals surface area contributed by atoms with Gasteiger partial charge in [0.1, 0.15) is 12.4 Å². The molecule has 3 rings (SSSR count). The Kier molecular flexibility index (Phi) is 4.71. The van der Waals surface area contributed by atoms with E-state index in [1.54, 1.807) is 37.3 Å². The highest BCUT2D eigenvalue weighted by molar-refractivity contribution is 9.10. The molecule has 0 unspecified atom stereocenters. The van der Waals surface area contributed by atoms with Crippen LogP contribution in [0.15, 0.2) is 46.0 Å². The van der Waals surface area contributed by atoms with E-state index in [2.05, 4.69) is 26.5 Å². The van der Waals surface area contributed by atoms with Gasteiger partial charge in [-0.3, -0.25) is 4.79 Å². The first-order chi connectivity index (χ1) is 11.5. The van der Waals surface area contributed by atoms with E-state index in [-0.39, 0.29) is 12.4 Å². The Morgan fingerprint density at radius 3 is 2.92 bits per heavy atom. The molecule has 2 aromatic rings. The molecule has 0 radical (unpaired) electrons. The Balaban J connectivity index is 1.64. The lowest BCUT2D eigenvalue weighted by molar-refractivity contribution is -0.130. The van der Waals surface area contributed by atoms with Crippen LogP contribution in [-0.4, -0.2) is 29.9 Å². The number of phenols is 1. The molecule has 24 heavy (non-hydrogen) atoms. The summed E-state index contributed by atoms with van der Waals surface area (Å²) in [5.41, 5.74) is 3.60. The predicted molar refractivity (Wildman–Crippen MR) is 92.6 cm³/mol. The summed E-state index contributed by atoms with van der Waals surface area (Å²) in [4.78, 5) is 12.1. The average Bonchev–Trinajstić information content (AvgIpc) is 2.58.